The highest BCUT2D eigenvalue weighted by Crippen LogP contribution is 2.20. The van der Waals surface area contributed by atoms with Crippen molar-refractivity contribution in [3.8, 4) is 0 Å². The Morgan fingerprint density at radius 1 is 1.14 bits per heavy atom. The summed E-state index contributed by atoms with van der Waals surface area (Å²) >= 11 is 0. The Morgan fingerprint density at radius 2 is 1.79 bits per heavy atom. The summed E-state index contributed by atoms with van der Waals surface area (Å²) in [5.41, 5.74) is 2.43. The summed E-state index contributed by atoms with van der Waals surface area (Å²) < 4.78 is 0. The zero-order valence-corrected chi connectivity index (χ0v) is 8.28. The number of nitrogens with two attached hydrogens (primary N) is 1. The Kier molecular flexibility index (Phi) is 3.01. The molecule has 1 aromatic rings. The predicted molar refractivity (Wildman–Crippen MR) is 56.9 cm³/mol. The molecule has 0 bridgehead atoms. The van der Waals surface area contributed by atoms with Gasteiger partial charge >= 0.3 is 0 Å². The van der Waals surface area contributed by atoms with Crippen LogP contribution in [0.5, 0.6) is 0 Å². The second-order valence-electron chi connectivity index (χ2n) is 3.67. The number of hydrogen-bond acceptors (Lipinski definition) is 3. The van der Waals surface area contributed by atoms with Crippen molar-refractivity contribution in [3.63, 3.8) is 0 Å². The number of anilines is 1. The highest BCUT2D eigenvalue weighted by molar-refractivity contribution is 5.48. The molecule has 1 aromatic carbocycles. The van der Waals surface area contributed by atoms with Crippen molar-refractivity contribution in [2.45, 2.75) is 19.4 Å². The van der Waals surface area contributed by atoms with Crippen LogP contribution in [0, 0.1) is 0 Å². The monoisotopic (exact) mass is 192 g/mol. The molecule has 0 amide bonds. The molecule has 0 unspecified atom stereocenters. The fourth-order valence-corrected chi connectivity index (χ4v) is 1.87. The van der Waals surface area contributed by atoms with Crippen molar-refractivity contribution < 1.29 is 4.84 Å². The molecule has 1 aliphatic rings. The summed E-state index contributed by atoms with van der Waals surface area (Å²) in [7, 11) is 0. The van der Waals surface area contributed by atoms with Gasteiger partial charge in [-0.3, -0.25) is 4.84 Å². The van der Waals surface area contributed by atoms with Crippen molar-refractivity contribution in [2.24, 2.45) is 5.90 Å². The molecular formula is C11H16N2O. The number of nitrogens with zero attached hydrogens (tertiary/aromatic N) is 1. The molecule has 3 heteroatoms. The van der Waals surface area contributed by atoms with Crippen LogP contribution >= 0.6 is 0 Å². The van der Waals surface area contributed by atoms with Gasteiger partial charge in [-0.1, -0.05) is 12.1 Å². The lowest BCUT2D eigenvalue weighted by Gasteiger charge is -2.17. The molecule has 14 heavy (non-hydrogen) atoms. The van der Waals surface area contributed by atoms with E-state index >= 15 is 0 Å². The number of rotatable bonds is 3. The predicted octanol–water partition coefficient (Wildman–Crippen LogP) is 1.68. The van der Waals surface area contributed by atoms with E-state index in [0.717, 1.165) is 5.56 Å². The van der Waals surface area contributed by atoms with Gasteiger partial charge in [-0.2, -0.15) is 0 Å². The molecule has 0 aliphatic carbocycles. The first-order valence-electron chi connectivity index (χ1n) is 5.06. The van der Waals surface area contributed by atoms with Gasteiger partial charge in [0.2, 0.25) is 0 Å². The van der Waals surface area contributed by atoms with E-state index in [1.807, 2.05) is 0 Å². The lowest BCUT2D eigenvalue weighted by Crippen LogP contribution is -2.17. The minimum Gasteiger partial charge on any atom is -0.372 e. The third kappa shape index (κ3) is 2.05. The molecule has 0 aromatic heterocycles. The zero-order valence-electron chi connectivity index (χ0n) is 8.28. The molecule has 3 nitrogen and oxygen atoms in total. The second-order valence-corrected chi connectivity index (χ2v) is 3.67. The summed E-state index contributed by atoms with van der Waals surface area (Å²) in [4.78, 5) is 6.99. The van der Waals surface area contributed by atoms with Crippen LogP contribution in [0.4, 0.5) is 5.69 Å². The fraction of sp³-hybridized carbons (Fsp3) is 0.455. The molecule has 1 heterocycles. The summed E-state index contributed by atoms with van der Waals surface area (Å²) in [6.07, 6.45) is 2.63. The average Bonchev–Trinajstić information content (AvgIpc) is 2.72. The van der Waals surface area contributed by atoms with Crippen LogP contribution in [0.15, 0.2) is 24.3 Å². The SMILES string of the molecule is NOCc1ccc(N2CCCC2)cc1. The first kappa shape index (κ1) is 9.49. The fourth-order valence-electron chi connectivity index (χ4n) is 1.87. The minimum atomic E-state index is 0.486. The topological polar surface area (TPSA) is 38.5 Å². The van der Waals surface area contributed by atoms with Crippen LogP contribution in [0.25, 0.3) is 0 Å². The molecule has 1 saturated heterocycles. The molecule has 0 atom stereocenters. The molecule has 1 aliphatic heterocycles. The van der Waals surface area contributed by atoms with Gasteiger partial charge in [-0.15, -0.1) is 0 Å². The van der Waals surface area contributed by atoms with Gasteiger partial charge in [0.15, 0.2) is 0 Å². The molecule has 2 rings (SSSR count). The van der Waals surface area contributed by atoms with Gasteiger partial charge < -0.3 is 4.90 Å². The molecule has 1 fully saturated rings. The van der Waals surface area contributed by atoms with Crippen molar-refractivity contribution in [1.29, 1.82) is 0 Å². The zero-order chi connectivity index (χ0) is 9.80. The Labute approximate surface area is 84.4 Å². The van der Waals surface area contributed by atoms with Crippen molar-refractivity contribution in [1.82, 2.24) is 0 Å². The highest BCUT2D eigenvalue weighted by atomic mass is 16.6. The standard InChI is InChI=1S/C11H16N2O/c12-14-9-10-3-5-11(6-4-10)13-7-1-2-8-13/h3-6H,1-2,7-9,12H2. The van der Waals surface area contributed by atoms with Crippen molar-refractivity contribution >= 4 is 5.69 Å². The molecule has 0 saturated carbocycles. The van der Waals surface area contributed by atoms with Gasteiger partial charge in [0, 0.05) is 18.8 Å². The van der Waals surface area contributed by atoms with Crippen molar-refractivity contribution in [2.75, 3.05) is 18.0 Å². The van der Waals surface area contributed by atoms with Crippen LogP contribution in [0.2, 0.25) is 0 Å². The molecular weight excluding hydrogens is 176 g/mol. The maximum atomic E-state index is 5.01. The van der Waals surface area contributed by atoms with E-state index in [9.17, 15) is 0 Å². The lowest BCUT2D eigenvalue weighted by atomic mass is 10.2. The third-order valence-electron chi connectivity index (χ3n) is 2.66. The van der Waals surface area contributed by atoms with Crippen LogP contribution in [0.1, 0.15) is 18.4 Å². The molecule has 76 valence electrons. The molecule has 0 spiro atoms. The Balaban J connectivity index is 2.05. The van der Waals surface area contributed by atoms with E-state index < -0.39 is 0 Å². The largest absolute Gasteiger partial charge is 0.372 e. The summed E-state index contributed by atoms with van der Waals surface area (Å²) in [5.74, 6) is 5.01. The number of hydrogen-bond donors (Lipinski definition) is 1. The Morgan fingerprint density at radius 3 is 2.36 bits per heavy atom. The van der Waals surface area contributed by atoms with Crippen LogP contribution < -0.4 is 10.8 Å². The van der Waals surface area contributed by atoms with Gasteiger partial charge in [-0.25, -0.2) is 5.90 Å². The highest BCUT2D eigenvalue weighted by Gasteiger charge is 2.11. The molecule has 0 radical (unpaired) electrons. The Hall–Kier alpha value is -1.06. The van der Waals surface area contributed by atoms with E-state index in [1.165, 1.54) is 31.6 Å². The Bertz CT molecular complexity index is 278. The first-order chi connectivity index (χ1) is 6.90. The van der Waals surface area contributed by atoms with Crippen LogP contribution in [-0.2, 0) is 11.4 Å². The second kappa shape index (κ2) is 4.44. The summed E-state index contributed by atoms with van der Waals surface area (Å²) in [5, 5.41) is 0. The minimum absolute atomic E-state index is 0.486. The van der Waals surface area contributed by atoms with E-state index in [2.05, 4.69) is 34.0 Å². The maximum absolute atomic E-state index is 5.01. The van der Waals surface area contributed by atoms with E-state index in [4.69, 9.17) is 5.90 Å². The smallest absolute Gasteiger partial charge is 0.0930 e. The molecule has 2 N–H and O–H groups in total. The lowest BCUT2D eigenvalue weighted by molar-refractivity contribution is 0.124. The van der Waals surface area contributed by atoms with E-state index in [0.29, 0.717) is 6.61 Å². The van der Waals surface area contributed by atoms with Gasteiger partial charge in [0.05, 0.1) is 6.61 Å². The van der Waals surface area contributed by atoms with Gasteiger partial charge in [0.1, 0.15) is 0 Å². The quantitative estimate of drug-likeness (QED) is 0.740. The number of benzene rings is 1. The third-order valence-corrected chi connectivity index (χ3v) is 2.66. The summed E-state index contributed by atoms with van der Waals surface area (Å²) in [6, 6.07) is 8.42. The van der Waals surface area contributed by atoms with Gasteiger partial charge in [-0.05, 0) is 30.5 Å². The van der Waals surface area contributed by atoms with Crippen LogP contribution in [-0.4, -0.2) is 13.1 Å². The maximum Gasteiger partial charge on any atom is 0.0930 e. The normalized spacial score (nSPS) is 16.2. The van der Waals surface area contributed by atoms with Gasteiger partial charge in [0.25, 0.3) is 0 Å². The average molecular weight is 192 g/mol. The summed E-state index contributed by atoms with van der Waals surface area (Å²) in [6.45, 7) is 2.86. The van der Waals surface area contributed by atoms with Crippen molar-refractivity contribution in [3.05, 3.63) is 29.8 Å². The van der Waals surface area contributed by atoms with E-state index in [-0.39, 0.29) is 0 Å². The first-order valence-corrected chi connectivity index (χ1v) is 5.06. The van der Waals surface area contributed by atoms with Crippen LogP contribution in [0.3, 0.4) is 0 Å². The van der Waals surface area contributed by atoms with E-state index in [1.54, 1.807) is 0 Å².